The van der Waals surface area contributed by atoms with E-state index in [1.54, 1.807) is 12.3 Å². The van der Waals surface area contributed by atoms with Crippen LogP contribution in [0.1, 0.15) is 46.5 Å². The fourth-order valence-electron chi connectivity index (χ4n) is 4.44. The summed E-state index contributed by atoms with van der Waals surface area (Å²) in [6.45, 7) is 2.93. The number of carbonyl (C=O) groups is 1. The number of piperidine rings is 1. The van der Waals surface area contributed by atoms with Gasteiger partial charge in [0.05, 0.1) is 12.2 Å². The van der Waals surface area contributed by atoms with E-state index in [4.69, 9.17) is 11.6 Å². The summed E-state index contributed by atoms with van der Waals surface area (Å²) >= 11 is 6.26. The van der Waals surface area contributed by atoms with Crippen molar-refractivity contribution in [3.8, 4) is 5.69 Å². The maximum atomic E-state index is 12.7. The van der Waals surface area contributed by atoms with E-state index in [0.717, 1.165) is 48.3 Å². The number of hydrogen-bond acceptors (Lipinski definition) is 5. The van der Waals surface area contributed by atoms with Gasteiger partial charge in [-0.05, 0) is 55.8 Å². The molecule has 8 heteroatoms. The van der Waals surface area contributed by atoms with Crippen LogP contribution in [-0.4, -0.2) is 55.6 Å². The van der Waals surface area contributed by atoms with Crippen LogP contribution in [0.15, 0.2) is 42.6 Å². The molecule has 0 radical (unpaired) electrons. The number of nitrogens with zero attached hydrogens (tertiary/aromatic N) is 6. The van der Waals surface area contributed by atoms with Gasteiger partial charge in [0, 0.05) is 36.8 Å². The first-order chi connectivity index (χ1) is 14.6. The molecule has 3 aromatic rings. The summed E-state index contributed by atoms with van der Waals surface area (Å²) in [4.78, 5) is 21.0. The minimum Gasteiger partial charge on any atom is -0.337 e. The molecular weight excluding hydrogens is 400 g/mol. The molecule has 0 atom stereocenters. The van der Waals surface area contributed by atoms with E-state index in [0.29, 0.717) is 18.8 Å². The molecule has 0 unspecified atom stereocenters. The van der Waals surface area contributed by atoms with Crippen LogP contribution in [0.4, 0.5) is 0 Å². The Bertz CT molecular complexity index is 1070. The molecule has 2 aromatic heterocycles. The van der Waals surface area contributed by atoms with Gasteiger partial charge in [0.15, 0.2) is 5.82 Å². The molecule has 1 aromatic carbocycles. The van der Waals surface area contributed by atoms with Gasteiger partial charge in [0.25, 0.3) is 5.91 Å². The highest BCUT2D eigenvalue weighted by Gasteiger charge is 2.31. The largest absolute Gasteiger partial charge is 0.337 e. The predicted molar refractivity (Wildman–Crippen MR) is 114 cm³/mol. The zero-order valence-corrected chi connectivity index (χ0v) is 17.6. The van der Waals surface area contributed by atoms with Gasteiger partial charge in [-0.15, -0.1) is 10.2 Å². The molecule has 0 spiro atoms. The third-order valence-electron chi connectivity index (χ3n) is 5.92. The Hall–Kier alpha value is -2.77. The SMILES string of the molecule is CN1Cc2cc(Cl)ccc2-n2c(nnc2C2CCN(C(=O)c3ccccn3)CC2)C1. The molecule has 0 aliphatic carbocycles. The van der Waals surface area contributed by atoms with E-state index < -0.39 is 0 Å². The first kappa shape index (κ1) is 19.2. The van der Waals surface area contributed by atoms with E-state index in [2.05, 4.69) is 37.8 Å². The first-order valence-corrected chi connectivity index (χ1v) is 10.6. The quantitative estimate of drug-likeness (QED) is 0.634. The van der Waals surface area contributed by atoms with Gasteiger partial charge >= 0.3 is 0 Å². The summed E-state index contributed by atoms with van der Waals surface area (Å²) in [5, 5.41) is 9.84. The van der Waals surface area contributed by atoms with E-state index in [-0.39, 0.29) is 11.8 Å². The Morgan fingerprint density at radius 2 is 1.93 bits per heavy atom. The molecular formula is C22H23ClN6O. The fraction of sp³-hybridized carbons (Fsp3) is 0.364. The zero-order valence-electron chi connectivity index (χ0n) is 16.8. The molecule has 7 nitrogen and oxygen atoms in total. The van der Waals surface area contributed by atoms with Gasteiger partial charge in [0.2, 0.25) is 0 Å². The molecule has 1 amide bonds. The third-order valence-corrected chi connectivity index (χ3v) is 6.16. The van der Waals surface area contributed by atoms with Crippen molar-refractivity contribution in [2.24, 2.45) is 0 Å². The lowest BCUT2D eigenvalue weighted by atomic mass is 9.95. The number of pyridine rings is 1. The van der Waals surface area contributed by atoms with Gasteiger partial charge in [-0.2, -0.15) is 0 Å². The standard InChI is InChI=1S/C22H23ClN6O/c1-27-13-16-12-17(23)5-6-19(16)29-20(14-27)25-26-21(29)15-7-10-28(11-8-15)22(30)18-4-2-3-9-24-18/h2-6,9,12,15H,7-8,10-11,13-14H2,1H3. The van der Waals surface area contributed by atoms with Crippen LogP contribution in [0.25, 0.3) is 5.69 Å². The van der Waals surface area contributed by atoms with Crippen molar-refractivity contribution in [1.82, 2.24) is 29.5 Å². The first-order valence-electron chi connectivity index (χ1n) is 10.2. The molecule has 0 saturated carbocycles. The summed E-state index contributed by atoms with van der Waals surface area (Å²) in [6, 6.07) is 11.5. The summed E-state index contributed by atoms with van der Waals surface area (Å²) in [5.41, 5.74) is 2.78. The van der Waals surface area contributed by atoms with Gasteiger partial charge in [-0.1, -0.05) is 17.7 Å². The van der Waals surface area contributed by atoms with Crippen LogP contribution in [0.2, 0.25) is 5.02 Å². The summed E-state index contributed by atoms with van der Waals surface area (Å²) in [5.74, 6) is 2.18. The van der Waals surface area contributed by atoms with E-state index in [9.17, 15) is 4.79 Å². The highest BCUT2D eigenvalue weighted by molar-refractivity contribution is 6.30. The Labute approximate surface area is 180 Å². The van der Waals surface area contributed by atoms with Crippen molar-refractivity contribution in [2.45, 2.75) is 31.8 Å². The number of aromatic nitrogens is 4. The van der Waals surface area contributed by atoms with Crippen molar-refractivity contribution in [2.75, 3.05) is 20.1 Å². The molecule has 2 aliphatic heterocycles. The molecule has 5 rings (SSSR count). The van der Waals surface area contributed by atoms with Crippen molar-refractivity contribution in [3.63, 3.8) is 0 Å². The molecule has 154 valence electrons. The lowest BCUT2D eigenvalue weighted by Gasteiger charge is -2.31. The summed E-state index contributed by atoms with van der Waals surface area (Å²) in [6.07, 6.45) is 3.37. The normalized spacial score (nSPS) is 17.3. The monoisotopic (exact) mass is 422 g/mol. The number of amides is 1. The zero-order chi connectivity index (χ0) is 20.7. The number of halogens is 1. The predicted octanol–water partition coefficient (Wildman–Crippen LogP) is 3.28. The minimum absolute atomic E-state index is 0.00395. The van der Waals surface area contributed by atoms with Crippen LogP contribution in [-0.2, 0) is 13.1 Å². The lowest BCUT2D eigenvalue weighted by Crippen LogP contribution is -2.38. The van der Waals surface area contributed by atoms with Crippen LogP contribution in [0, 0.1) is 0 Å². The number of rotatable bonds is 2. The number of carbonyl (C=O) groups excluding carboxylic acids is 1. The Morgan fingerprint density at radius 1 is 1.10 bits per heavy atom. The summed E-state index contributed by atoms with van der Waals surface area (Å²) in [7, 11) is 2.08. The molecule has 0 bridgehead atoms. The molecule has 0 N–H and O–H groups in total. The molecule has 2 aliphatic rings. The fourth-order valence-corrected chi connectivity index (χ4v) is 4.63. The van der Waals surface area contributed by atoms with Crippen molar-refractivity contribution in [1.29, 1.82) is 0 Å². The molecule has 1 saturated heterocycles. The van der Waals surface area contributed by atoms with Gasteiger partial charge in [-0.25, -0.2) is 0 Å². The van der Waals surface area contributed by atoms with E-state index in [1.807, 2.05) is 29.2 Å². The van der Waals surface area contributed by atoms with E-state index >= 15 is 0 Å². The minimum atomic E-state index is -0.00395. The average Bonchev–Trinajstić information content (AvgIpc) is 3.11. The highest BCUT2D eigenvalue weighted by Crippen LogP contribution is 2.33. The second-order valence-electron chi connectivity index (χ2n) is 8.04. The Kier molecular flexibility index (Phi) is 5.00. The number of hydrogen-bond donors (Lipinski definition) is 0. The maximum Gasteiger partial charge on any atom is 0.272 e. The molecule has 4 heterocycles. The van der Waals surface area contributed by atoms with Crippen molar-refractivity contribution < 1.29 is 4.79 Å². The van der Waals surface area contributed by atoms with Crippen LogP contribution >= 0.6 is 11.6 Å². The second-order valence-corrected chi connectivity index (χ2v) is 8.47. The number of likely N-dealkylation sites (tertiary alicyclic amines) is 1. The van der Waals surface area contributed by atoms with Gasteiger partial charge in [0.1, 0.15) is 11.5 Å². The maximum absolute atomic E-state index is 12.7. The van der Waals surface area contributed by atoms with Crippen LogP contribution in [0.5, 0.6) is 0 Å². The average molecular weight is 423 g/mol. The number of benzene rings is 1. The van der Waals surface area contributed by atoms with Crippen LogP contribution < -0.4 is 0 Å². The summed E-state index contributed by atoms with van der Waals surface area (Å²) < 4.78 is 2.20. The molecule has 1 fully saturated rings. The van der Waals surface area contributed by atoms with Gasteiger partial charge in [-0.3, -0.25) is 19.2 Å². The smallest absolute Gasteiger partial charge is 0.272 e. The Balaban J connectivity index is 1.40. The topological polar surface area (TPSA) is 67.2 Å². The van der Waals surface area contributed by atoms with E-state index in [1.165, 1.54) is 5.56 Å². The molecule has 30 heavy (non-hydrogen) atoms. The lowest BCUT2D eigenvalue weighted by molar-refractivity contribution is 0.0704. The van der Waals surface area contributed by atoms with Crippen molar-refractivity contribution >= 4 is 17.5 Å². The third kappa shape index (κ3) is 3.48. The number of fused-ring (bicyclic) bond motifs is 3. The Morgan fingerprint density at radius 3 is 2.70 bits per heavy atom. The van der Waals surface area contributed by atoms with Gasteiger partial charge < -0.3 is 4.90 Å². The van der Waals surface area contributed by atoms with Crippen molar-refractivity contribution in [3.05, 3.63) is 70.5 Å². The van der Waals surface area contributed by atoms with Crippen LogP contribution in [0.3, 0.4) is 0 Å². The second kappa shape index (κ2) is 7.81. The highest BCUT2D eigenvalue weighted by atomic mass is 35.5.